The Kier molecular flexibility index (Phi) is 6.15. The molecule has 1 aliphatic rings. The van der Waals surface area contributed by atoms with Crippen LogP contribution in [0.1, 0.15) is 20.3 Å². The number of morpholine rings is 1. The summed E-state index contributed by atoms with van der Waals surface area (Å²) in [6.45, 7) is 12.1. The van der Waals surface area contributed by atoms with E-state index < -0.39 is 0 Å². The Morgan fingerprint density at radius 3 is 2.71 bits per heavy atom. The normalized spacial score (nSPS) is 21.0. The SMILES string of the molecule is CCCNCC(C)CN1CCOCC1. The number of hydrogen-bond acceptors (Lipinski definition) is 3. The maximum Gasteiger partial charge on any atom is 0.0594 e. The molecule has 1 N–H and O–H groups in total. The third kappa shape index (κ3) is 4.94. The number of nitrogens with one attached hydrogen (secondary N) is 1. The second-order valence-electron chi connectivity index (χ2n) is 4.22. The fraction of sp³-hybridized carbons (Fsp3) is 1.00. The lowest BCUT2D eigenvalue weighted by Crippen LogP contribution is -2.40. The van der Waals surface area contributed by atoms with Crippen LogP contribution in [0.4, 0.5) is 0 Å². The van der Waals surface area contributed by atoms with Crippen molar-refractivity contribution in [3.63, 3.8) is 0 Å². The molecule has 0 amide bonds. The van der Waals surface area contributed by atoms with E-state index in [1.807, 2.05) is 0 Å². The van der Waals surface area contributed by atoms with Crippen molar-refractivity contribution in [1.82, 2.24) is 10.2 Å². The van der Waals surface area contributed by atoms with Gasteiger partial charge in [0.25, 0.3) is 0 Å². The summed E-state index contributed by atoms with van der Waals surface area (Å²) in [5.74, 6) is 0.750. The molecule has 3 heteroatoms. The zero-order valence-corrected chi connectivity index (χ0v) is 9.59. The van der Waals surface area contributed by atoms with Crippen molar-refractivity contribution >= 4 is 0 Å². The standard InChI is InChI=1S/C11H24N2O/c1-3-4-12-9-11(2)10-13-5-7-14-8-6-13/h11-12H,3-10H2,1-2H3. The predicted molar refractivity (Wildman–Crippen MR) is 59.6 cm³/mol. The summed E-state index contributed by atoms with van der Waals surface area (Å²) in [6.07, 6.45) is 1.23. The van der Waals surface area contributed by atoms with Crippen molar-refractivity contribution in [3.05, 3.63) is 0 Å². The molecule has 0 aromatic rings. The minimum absolute atomic E-state index is 0.750. The molecule has 1 fully saturated rings. The molecule has 0 aromatic carbocycles. The molecule has 3 nitrogen and oxygen atoms in total. The molecule has 84 valence electrons. The van der Waals surface area contributed by atoms with Crippen molar-refractivity contribution < 1.29 is 4.74 Å². The summed E-state index contributed by atoms with van der Waals surface area (Å²) in [6, 6.07) is 0. The summed E-state index contributed by atoms with van der Waals surface area (Å²) in [5, 5.41) is 3.47. The van der Waals surface area contributed by atoms with E-state index in [1.54, 1.807) is 0 Å². The van der Waals surface area contributed by atoms with Crippen LogP contribution in [0.3, 0.4) is 0 Å². The minimum Gasteiger partial charge on any atom is -0.379 e. The third-order valence-electron chi connectivity index (χ3n) is 2.59. The van der Waals surface area contributed by atoms with Crippen LogP contribution in [0, 0.1) is 5.92 Å². The summed E-state index contributed by atoms with van der Waals surface area (Å²) in [7, 11) is 0. The van der Waals surface area contributed by atoms with Crippen LogP contribution in [0.5, 0.6) is 0 Å². The molecule has 0 aliphatic carbocycles. The van der Waals surface area contributed by atoms with Crippen molar-refractivity contribution in [1.29, 1.82) is 0 Å². The Hall–Kier alpha value is -0.120. The van der Waals surface area contributed by atoms with Gasteiger partial charge in [-0.3, -0.25) is 4.90 Å². The first-order chi connectivity index (χ1) is 6.83. The summed E-state index contributed by atoms with van der Waals surface area (Å²) < 4.78 is 5.32. The number of hydrogen-bond donors (Lipinski definition) is 1. The van der Waals surface area contributed by atoms with Gasteiger partial charge in [-0.05, 0) is 25.4 Å². The van der Waals surface area contributed by atoms with Gasteiger partial charge >= 0.3 is 0 Å². The van der Waals surface area contributed by atoms with Crippen LogP contribution in [-0.4, -0.2) is 50.8 Å². The molecular weight excluding hydrogens is 176 g/mol. The molecule has 0 spiro atoms. The Bertz CT molecular complexity index is 135. The fourth-order valence-corrected chi connectivity index (χ4v) is 1.81. The Balaban J connectivity index is 2.03. The predicted octanol–water partition coefficient (Wildman–Crippen LogP) is 0.954. The molecule has 1 heterocycles. The molecule has 1 rings (SSSR count). The minimum atomic E-state index is 0.750. The summed E-state index contributed by atoms with van der Waals surface area (Å²) in [4.78, 5) is 2.50. The molecule has 1 aliphatic heterocycles. The second-order valence-corrected chi connectivity index (χ2v) is 4.22. The monoisotopic (exact) mass is 200 g/mol. The molecule has 0 radical (unpaired) electrons. The highest BCUT2D eigenvalue weighted by molar-refractivity contribution is 4.67. The lowest BCUT2D eigenvalue weighted by Gasteiger charge is -2.29. The molecule has 1 saturated heterocycles. The van der Waals surface area contributed by atoms with Gasteiger partial charge in [0.1, 0.15) is 0 Å². The maximum absolute atomic E-state index is 5.32. The smallest absolute Gasteiger partial charge is 0.0594 e. The molecular formula is C11H24N2O. The van der Waals surface area contributed by atoms with Gasteiger partial charge in [-0.15, -0.1) is 0 Å². The van der Waals surface area contributed by atoms with Crippen molar-refractivity contribution in [2.45, 2.75) is 20.3 Å². The number of nitrogens with zero attached hydrogens (tertiary/aromatic N) is 1. The van der Waals surface area contributed by atoms with Gasteiger partial charge in [0.2, 0.25) is 0 Å². The number of rotatable bonds is 6. The first-order valence-corrected chi connectivity index (χ1v) is 5.83. The van der Waals surface area contributed by atoms with Gasteiger partial charge in [0, 0.05) is 19.6 Å². The number of ether oxygens (including phenoxy) is 1. The van der Waals surface area contributed by atoms with Gasteiger partial charge in [-0.25, -0.2) is 0 Å². The van der Waals surface area contributed by atoms with Gasteiger partial charge in [0.15, 0.2) is 0 Å². The van der Waals surface area contributed by atoms with Crippen LogP contribution >= 0.6 is 0 Å². The maximum atomic E-state index is 5.32. The van der Waals surface area contributed by atoms with E-state index in [9.17, 15) is 0 Å². The van der Waals surface area contributed by atoms with Gasteiger partial charge in [-0.2, -0.15) is 0 Å². The van der Waals surface area contributed by atoms with Crippen molar-refractivity contribution in [3.8, 4) is 0 Å². The third-order valence-corrected chi connectivity index (χ3v) is 2.59. The van der Waals surface area contributed by atoms with Gasteiger partial charge in [0.05, 0.1) is 13.2 Å². The molecule has 0 bridgehead atoms. The average Bonchev–Trinajstić information content (AvgIpc) is 2.20. The topological polar surface area (TPSA) is 24.5 Å². The van der Waals surface area contributed by atoms with Gasteiger partial charge in [-0.1, -0.05) is 13.8 Å². The lowest BCUT2D eigenvalue weighted by molar-refractivity contribution is 0.0318. The Morgan fingerprint density at radius 2 is 2.07 bits per heavy atom. The van der Waals surface area contributed by atoms with Crippen LogP contribution in [0.2, 0.25) is 0 Å². The molecule has 1 unspecified atom stereocenters. The van der Waals surface area contributed by atoms with E-state index in [4.69, 9.17) is 4.74 Å². The molecule has 0 saturated carbocycles. The van der Waals surface area contributed by atoms with E-state index in [2.05, 4.69) is 24.1 Å². The van der Waals surface area contributed by atoms with E-state index >= 15 is 0 Å². The zero-order valence-electron chi connectivity index (χ0n) is 9.59. The highest BCUT2D eigenvalue weighted by Crippen LogP contribution is 2.02. The van der Waals surface area contributed by atoms with Crippen LogP contribution in [-0.2, 0) is 4.74 Å². The molecule has 1 atom stereocenters. The first kappa shape index (κ1) is 12.0. The first-order valence-electron chi connectivity index (χ1n) is 5.83. The average molecular weight is 200 g/mol. The second kappa shape index (κ2) is 7.21. The van der Waals surface area contributed by atoms with Gasteiger partial charge < -0.3 is 10.1 Å². The van der Waals surface area contributed by atoms with E-state index in [1.165, 1.54) is 13.0 Å². The Labute approximate surface area is 87.8 Å². The van der Waals surface area contributed by atoms with E-state index in [0.29, 0.717) is 0 Å². The van der Waals surface area contributed by atoms with Crippen LogP contribution in [0.25, 0.3) is 0 Å². The highest BCUT2D eigenvalue weighted by atomic mass is 16.5. The fourth-order valence-electron chi connectivity index (χ4n) is 1.81. The summed E-state index contributed by atoms with van der Waals surface area (Å²) in [5.41, 5.74) is 0. The van der Waals surface area contributed by atoms with Crippen molar-refractivity contribution in [2.24, 2.45) is 5.92 Å². The largest absolute Gasteiger partial charge is 0.379 e. The molecule has 0 aromatic heterocycles. The Morgan fingerprint density at radius 1 is 1.36 bits per heavy atom. The van der Waals surface area contributed by atoms with E-state index in [0.717, 1.165) is 45.3 Å². The zero-order chi connectivity index (χ0) is 10.2. The quantitative estimate of drug-likeness (QED) is 0.646. The highest BCUT2D eigenvalue weighted by Gasteiger charge is 2.12. The van der Waals surface area contributed by atoms with Crippen molar-refractivity contribution in [2.75, 3.05) is 45.9 Å². The lowest BCUT2D eigenvalue weighted by atomic mass is 10.1. The van der Waals surface area contributed by atoms with Crippen LogP contribution in [0.15, 0.2) is 0 Å². The summed E-state index contributed by atoms with van der Waals surface area (Å²) >= 11 is 0. The molecule has 14 heavy (non-hydrogen) atoms. The van der Waals surface area contributed by atoms with E-state index in [-0.39, 0.29) is 0 Å². The van der Waals surface area contributed by atoms with Crippen LogP contribution < -0.4 is 5.32 Å².